The van der Waals surface area contributed by atoms with Crippen molar-refractivity contribution in [3.8, 4) is 22.8 Å². The zero-order valence-corrected chi connectivity index (χ0v) is 16.1. The van der Waals surface area contributed by atoms with E-state index in [2.05, 4.69) is 25.6 Å². The molecule has 8 nitrogen and oxygen atoms in total. The number of hydrogen-bond acceptors (Lipinski definition) is 7. The number of aromatic nitrogens is 5. The molecule has 0 aliphatic heterocycles. The minimum Gasteiger partial charge on any atom is -0.492 e. The third kappa shape index (κ3) is 4.11. The molecule has 3 aromatic heterocycles. The van der Waals surface area contributed by atoms with Gasteiger partial charge in [0.15, 0.2) is 10.8 Å². The number of carbonyl (C=O) groups is 1. The molecule has 0 bridgehead atoms. The fourth-order valence-corrected chi connectivity index (χ4v) is 3.28. The standard InChI is InChI=1S/C19H15FN6O2S/c1-2-28-14-6-7-15(21-9-14)16-11-29-19(23-16)24-18(27)17-10-22-25-26(17)13-5-3-4-12(20)8-13/h3-11H,2H2,1H3,(H,23,24,27). The van der Waals surface area contributed by atoms with Gasteiger partial charge in [0.1, 0.15) is 17.3 Å². The van der Waals surface area contributed by atoms with Crippen molar-refractivity contribution in [1.29, 1.82) is 0 Å². The van der Waals surface area contributed by atoms with E-state index in [9.17, 15) is 9.18 Å². The number of carbonyl (C=O) groups excluding carboxylic acids is 1. The van der Waals surface area contributed by atoms with Gasteiger partial charge in [-0.05, 0) is 37.3 Å². The van der Waals surface area contributed by atoms with Gasteiger partial charge in [-0.3, -0.25) is 15.1 Å². The first-order chi connectivity index (χ1) is 14.1. The van der Waals surface area contributed by atoms with Crippen molar-refractivity contribution in [3.05, 3.63) is 65.7 Å². The zero-order chi connectivity index (χ0) is 20.2. The fourth-order valence-electron chi connectivity index (χ4n) is 2.58. The molecule has 4 rings (SSSR count). The highest BCUT2D eigenvalue weighted by atomic mass is 32.1. The molecule has 1 amide bonds. The Bertz CT molecular complexity index is 1140. The molecule has 0 aliphatic carbocycles. The Hall–Kier alpha value is -3.66. The van der Waals surface area contributed by atoms with Gasteiger partial charge < -0.3 is 4.74 Å². The molecule has 0 fully saturated rings. The molecule has 146 valence electrons. The van der Waals surface area contributed by atoms with Crippen LogP contribution in [0.3, 0.4) is 0 Å². The summed E-state index contributed by atoms with van der Waals surface area (Å²) in [5, 5.41) is 12.5. The van der Waals surface area contributed by atoms with E-state index >= 15 is 0 Å². The summed E-state index contributed by atoms with van der Waals surface area (Å²) >= 11 is 1.26. The van der Waals surface area contributed by atoms with Crippen LogP contribution >= 0.6 is 11.3 Å². The maximum absolute atomic E-state index is 13.5. The van der Waals surface area contributed by atoms with Crippen LogP contribution in [0.4, 0.5) is 9.52 Å². The van der Waals surface area contributed by atoms with Crippen molar-refractivity contribution in [2.45, 2.75) is 6.92 Å². The maximum Gasteiger partial charge on any atom is 0.277 e. The lowest BCUT2D eigenvalue weighted by Crippen LogP contribution is -2.17. The Balaban J connectivity index is 1.51. The lowest BCUT2D eigenvalue weighted by molar-refractivity contribution is 0.101. The summed E-state index contributed by atoms with van der Waals surface area (Å²) in [7, 11) is 0. The van der Waals surface area contributed by atoms with E-state index in [0.717, 1.165) is 0 Å². The molecule has 4 aromatic rings. The highest BCUT2D eigenvalue weighted by Crippen LogP contribution is 2.25. The lowest BCUT2D eigenvalue weighted by Gasteiger charge is -2.05. The van der Waals surface area contributed by atoms with E-state index in [4.69, 9.17) is 4.74 Å². The molecule has 1 aromatic carbocycles. The summed E-state index contributed by atoms with van der Waals surface area (Å²) in [5.74, 6) is -0.213. The molecule has 0 aliphatic rings. The highest BCUT2D eigenvalue weighted by Gasteiger charge is 2.17. The van der Waals surface area contributed by atoms with E-state index < -0.39 is 11.7 Å². The van der Waals surface area contributed by atoms with E-state index in [1.54, 1.807) is 23.7 Å². The second-order valence-electron chi connectivity index (χ2n) is 5.82. The van der Waals surface area contributed by atoms with Crippen molar-refractivity contribution in [2.75, 3.05) is 11.9 Å². The molecular weight excluding hydrogens is 395 g/mol. The summed E-state index contributed by atoms with van der Waals surface area (Å²) in [6.07, 6.45) is 2.93. The van der Waals surface area contributed by atoms with Gasteiger partial charge >= 0.3 is 0 Å². The third-order valence-electron chi connectivity index (χ3n) is 3.87. The van der Waals surface area contributed by atoms with Crippen molar-refractivity contribution in [2.24, 2.45) is 0 Å². The Morgan fingerprint density at radius 3 is 2.90 bits per heavy atom. The third-order valence-corrected chi connectivity index (χ3v) is 4.63. The quantitative estimate of drug-likeness (QED) is 0.522. The van der Waals surface area contributed by atoms with Crippen LogP contribution in [-0.4, -0.2) is 37.5 Å². The van der Waals surface area contributed by atoms with Crippen LogP contribution in [0, 0.1) is 5.82 Å². The predicted molar refractivity (Wildman–Crippen MR) is 106 cm³/mol. The average molecular weight is 410 g/mol. The highest BCUT2D eigenvalue weighted by molar-refractivity contribution is 7.14. The molecule has 0 saturated heterocycles. The Kier molecular flexibility index (Phi) is 5.25. The smallest absolute Gasteiger partial charge is 0.277 e. The molecule has 3 heterocycles. The minimum absolute atomic E-state index is 0.159. The molecule has 1 N–H and O–H groups in total. The predicted octanol–water partition coefficient (Wildman–Crippen LogP) is 3.58. The average Bonchev–Trinajstić information content (AvgIpc) is 3.38. The molecule has 0 spiro atoms. The van der Waals surface area contributed by atoms with Gasteiger partial charge in [-0.2, -0.15) is 0 Å². The van der Waals surface area contributed by atoms with Crippen molar-refractivity contribution in [3.63, 3.8) is 0 Å². The van der Waals surface area contributed by atoms with Gasteiger partial charge in [0, 0.05) is 5.38 Å². The summed E-state index contributed by atoms with van der Waals surface area (Å²) in [6.45, 7) is 2.47. The number of nitrogens with zero attached hydrogens (tertiary/aromatic N) is 5. The van der Waals surface area contributed by atoms with Crippen molar-refractivity contribution < 1.29 is 13.9 Å². The fraction of sp³-hybridized carbons (Fsp3) is 0.105. The number of pyridine rings is 1. The number of amides is 1. The van der Waals surface area contributed by atoms with Crippen LogP contribution in [0.1, 0.15) is 17.4 Å². The maximum atomic E-state index is 13.5. The summed E-state index contributed by atoms with van der Waals surface area (Å²) < 4.78 is 20.1. The van der Waals surface area contributed by atoms with Gasteiger partial charge in [0.2, 0.25) is 0 Å². The lowest BCUT2D eigenvalue weighted by atomic mass is 10.3. The molecule has 10 heteroatoms. The van der Waals surface area contributed by atoms with E-state index in [0.29, 0.717) is 34.6 Å². The van der Waals surface area contributed by atoms with Gasteiger partial charge in [-0.25, -0.2) is 14.1 Å². The zero-order valence-electron chi connectivity index (χ0n) is 15.2. The van der Waals surface area contributed by atoms with Gasteiger partial charge in [0.25, 0.3) is 5.91 Å². The monoisotopic (exact) mass is 410 g/mol. The van der Waals surface area contributed by atoms with Crippen LogP contribution in [0.2, 0.25) is 0 Å². The number of anilines is 1. The van der Waals surface area contributed by atoms with Crippen LogP contribution in [0.15, 0.2) is 54.2 Å². The molecule has 0 unspecified atom stereocenters. The van der Waals surface area contributed by atoms with Gasteiger partial charge in [-0.1, -0.05) is 11.3 Å². The SMILES string of the molecule is CCOc1ccc(-c2csc(NC(=O)c3cnnn3-c3cccc(F)c3)n2)nc1. The van der Waals surface area contributed by atoms with Crippen LogP contribution < -0.4 is 10.1 Å². The van der Waals surface area contributed by atoms with Crippen LogP contribution in [0.5, 0.6) is 5.75 Å². The Labute approximate surface area is 169 Å². The second kappa shape index (κ2) is 8.15. The van der Waals surface area contributed by atoms with Crippen LogP contribution in [0.25, 0.3) is 17.1 Å². The first kappa shape index (κ1) is 18.7. The topological polar surface area (TPSA) is 94.8 Å². The number of nitrogens with one attached hydrogen (secondary N) is 1. The minimum atomic E-state index is -0.459. The van der Waals surface area contributed by atoms with Gasteiger partial charge in [-0.15, -0.1) is 16.4 Å². The van der Waals surface area contributed by atoms with Crippen molar-refractivity contribution >= 4 is 22.4 Å². The molecule has 0 atom stereocenters. The summed E-state index contributed by atoms with van der Waals surface area (Å²) in [6, 6.07) is 9.36. The molecule has 0 radical (unpaired) electrons. The first-order valence-electron chi connectivity index (χ1n) is 8.67. The van der Waals surface area contributed by atoms with Crippen molar-refractivity contribution in [1.82, 2.24) is 25.0 Å². The van der Waals surface area contributed by atoms with E-state index in [1.165, 1.54) is 40.4 Å². The summed E-state index contributed by atoms with van der Waals surface area (Å²) in [5.41, 5.74) is 1.85. The summed E-state index contributed by atoms with van der Waals surface area (Å²) in [4.78, 5) is 21.4. The molecular formula is C19H15FN6O2S. The number of hydrogen-bond donors (Lipinski definition) is 1. The second-order valence-corrected chi connectivity index (χ2v) is 6.67. The van der Waals surface area contributed by atoms with E-state index in [-0.39, 0.29) is 5.69 Å². The largest absolute Gasteiger partial charge is 0.492 e. The van der Waals surface area contributed by atoms with Gasteiger partial charge in [0.05, 0.1) is 30.4 Å². The number of benzene rings is 1. The number of halogens is 1. The number of thiazole rings is 1. The number of rotatable bonds is 6. The molecule has 29 heavy (non-hydrogen) atoms. The number of ether oxygens (including phenoxy) is 1. The Morgan fingerprint density at radius 1 is 1.24 bits per heavy atom. The Morgan fingerprint density at radius 2 is 2.14 bits per heavy atom. The first-order valence-corrected chi connectivity index (χ1v) is 9.54. The normalized spacial score (nSPS) is 10.7. The molecule has 0 saturated carbocycles. The van der Waals surface area contributed by atoms with Crippen LogP contribution in [-0.2, 0) is 0 Å². The van der Waals surface area contributed by atoms with E-state index in [1.807, 2.05) is 13.0 Å².